The molecule has 2 saturated carbocycles. The van der Waals surface area contributed by atoms with E-state index < -0.39 is 18.1 Å². The van der Waals surface area contributed by atoms with Crippen molar-refractivity contribution in [1.82, 2.24) is 9.88 Å². The van der Waals surface area contributed by atoms with Crippen molar-refractivity contribution in [3.8, 4) is 11.5 Å². The third-order valence-corrected chi connectivity index (χ3v) is 13.5. The van der Waals surface area contributed by atoms with Gasteiger partial charge in [-0.05, 0) is 106 Å². The van der Waals surface area contributed by atoms with Gasteiger partial charge in [-0.1, -0.05) is 61.9 Å². The number of rotatable bonds is 20. The number of aryl methyl sites for hydroxylation is 1. The number of oxime groups is 1. The predicted octanol–water partition coefficient (Wildman–Crippen LogP) is 8.56. The summed E-state index contributed by atoms with van der Waals surface area (Å²) < 4.78 is 26.9. The van der Waals surface area contributed by atoms with Gasteiger partial charge < -0.3 is 38.9 Å². The van der Waals surface area contributed by atoms with E-state index in [0.717, 1.165) is 85.4 Å². The van der Waals surface area contributed by atoms with Gasteiger partial charge in [-0.2, -0.15) is 0 Å². The molecule has 0 bridgehead atoms. The fourth-order valence-corrected chi connectivity index (χ4v) is 10.5. The molecule has 0 radical (unpaired) electrons. The maximum Gasteiger partial charge on any atom is 0.239 e. The lowest BCUT2D eigenvalue weighted by Gasteiger charge is -2.59. The number of hydrogen-bond donors (Lipinski definition) is 2. The molecule has 7 unspecified atom stereocenters. The van der Waals surface area contributed by atoms with Crippen LogP contribution in [0.25, 0.3) is 0 Å². The Balaban J connectivity index is 1.35. The number of aromatic nitrogens is 1. The first-order valence-electron chi connectivity index (χ1n) is 22.5. The molecule has 3 fully saturated rings. The second kappa shape index (κ2) is 20.7. The van der Waals surface area contributed by atoms with Crippen LogP contribution in [0.3, 0.4) is 0 Å². The highest BCUT2D eigenvalue weighted by molar-refractivity contribution is 6.03. The number of carbonyl (C=O) groups is 1. The number of hydrogen-bond acceptors (Lipinski definition) is 10. The van der Waals surface area contributed by atoms with Gasteiger partial charge in [0.25, 0.3) is 0 Å². The van der Waals surface area contributed by atoms with Crippen LogP contribution < -0.4 is 9.47 Å². The topological polar surface area (TPSA) is 132 Å². The number of likely N-dealkylation sites (N-methyl/N-ethyl adjacent to an activating group) is 1. The molecule has 322 valence electrons. The summed E-state index contributed by atoms with van der Waals surface area (Å²) in [6.07, 6.45) is 17.9. The average molecular weight is 814 g/mol. The summed E-state index contributed by atoms with van der Waals surface area (Å²) in [6.45, 7) is 7.49. The lowest BCUT2D eigenvalue weighted by molar-refractivity contribution is -0.256. The van der Waals surface area contributed by atoms with E-state index in [1.807, 2.05) is 49.2 Å². The van der Waals surface area contributed by atoms with E-state index >= 15 is 0 Å². The highest BCUT2D eigenvalue weighted by atomic mass is 16.8. The lowest BCUT2D eigenvalue weighted by Crippen LogP contribution is -2.69. The number of carbonyl (C=O) groups excluding carboxylic acids is 1. The number of allylic oxidation sites excluding steroid dienone is 1. The largest absolute Gasteiger partial charge is 0.487 e. The number of benzene rings is 1. The van der Waals surface area contributed by atoms with E-state index in [2.05, 4.69) is 23.7 Å². The zero-order chi connectivity index (χ0) is 41.2. The van der Waals surface area contributed by atoms with Gasteiger partial charge in [-0.3, -0.25) is 9.78 Å². The van der Waals surface area contributed by atoms with Crippen molar-refractivity contribution in [2.45, 2.75) is 140 Å². The number of pyridine rings is 1. The molecule has 11 heteroatoms. The van der Waals surface area contributed by atoms with E-state index in [4.69, 9.17) is 28.9 Å². The molecular weight excluding hydrogens is 747 g/mol. The number of ether oxygens (including phenoxy) is 4. The van der Waals surface area contributed by atoms with Crippen molar-refractivity contribution in [3.05, 3.63) is 77.7 Å². The molecule has 2 aliphatic heterocycles. The van der Waals surface area contributed by atoms with Gasteiger partial charge in [-0.15, -0.1) is 6.58 Å². The fourth-order valence-electron chi connectivity index (χ4n) is 10.5. The minimum Gasteiger partial charge on any atom is -0.487 e. The summed E-state index contributed by atoms with van der Waals surface area (Å²) in [4.78, 5) is 27.2. The van der Waals surface area contributed by atoms with Crippen LogP contribution in [-0.2, 0) is 25.7 Å². The van der Waals surface area contributed by atoms with Gasteiger partial charge in [0.1, 0.15) is 24.1 Å². The highest BCUT2D eigenvalue weighted by Gasteiger charge is 2.65. The third kappa shape index (κ3) is 10.1. The quantitative estimate of drug-likeness (QED) is 0.0767. The molecule has 1 saturated heterocycles. The van der Waals surface area contributed by atoms with Crippen molar-refractivity contribution < 1.29 is 38.8 Å². The van der Waals surface area contributed by atoms with Crippen molar-refractivity contribution in [2.75, 3.05) is 33.5 Å². The van der Waals surface area contributed by atoms with E-state index in [0.29, 0.717) is 50.6 Å². The smallest absolute Gasteiger partial charge is 0.239 e. The first-order chi connectivity index (χ1) is 28.8. The summed E-state index contributed by atoms with van der Waals surface area (Å²) in [7, 11) is 1.90. The fraction of sp³-hybridized carbons (Fsp3) is 0.646. The molecule has 2 aromatic rings. The molecule has 11 nitrogen and oxygen atoms in total. The second-order valence-electron chi connectivity index (χ2n) is 17.4. The number of unbranched alkanes of at least 4 members (excludes halogenated alkanes) is 2. The normalized spacial score (nSPS) is 28.3. The number of fused-ring (bicyclic) bond motifs is 2. The minimum atomic E-state index is -1.27. The zero-order valence-corrected chi connectivity index (χ0v) is 35.4. The maximum atomic E-state index is 14.4. The number of aliphatic hydroxyl groups excluding tert-OH is 2. The maximum absolute atomic E-state index is 14.4. The molecule has 3 heterocycles. The molecule has 2 N–H and O–H groups in total. The van der Waals surface area contributed by atoms with Crippen molar-refractivity contribution in [1.29, 1.82) is 0 Å². The molecule has 0 spiro atoms. The Morgan fingerprint density at radius 3 is 2.58 bits per heavy atom. The third-order valence-electron chi connectivity index (χ3n) is 13.5. The summed E-state index contributed by atoms with van der Waals surface area (Å²) >= 11 is 0. The summed E-state index contributed by atoms with van der Waals surface area (Å²) in [5, 5.41) is 24.8. The molecule has 7 rings (SSSR count). The van der Waals surface area contributed by atoms with Gasteiger partial charge >= 0.3 is 0 Å². The van der Waals surface area contributed by atoms with E-state index in [9.17, 15) is 15.0 Å². The predicted molar refractivity (Wildman–Crippen MR) is 227 cm³/mol. The van der Waals surface area contributed by atoms with Crippen LogP contribution in [0.15, 0.2) is 65.9 Å². The second-order valence-corrected chi connectivity index (χ2v) is 17.4. The van der Waals surface area contributed by atoms with E-state index in [1.165, 1.54) is 25.7 Å². The SMILES string of the molecule is C=CCOC12Oc3ccc(OCc4cccc(C)n4)cc3C3C(CCCCO)C(CCCCO)C=C(C(=NOC4CCCCO4)CC1N(C)C(=O)CCC1CCCC1)C32. The number of amides is 1. The van der Waals surface area contributed by atoms with E-state index in [-0.39, 0.29) is 49.4 Å². The Bertz CT molecular complexity index is 1770. The van der Waals surface area contributed by atoms with Crippen LogP contribution in [0.2, 0.25) is 0 Å². The molecule has 7 atom stereocenters. The van der Waals surface area contributed by atoms with Crippen LogP contribution in [0, 0.1) is 30.6 Å². The molecule has 3 aliphatic carbocycles. The number of nitrogens with zero attached hydrogens (tertiary/aromatic N) is 3. The van der Waals surface area contributed by atoms with Crippen LogP contribution in [-0.4, -0.2) is 83.3 Å². The van der Waals surface area contributed by atoms with Crippen molar-refractivity contribution in [2.24, 2.45) is 28.8 Å². The first-order valence-corrected chi connectivity index (χ1v) is 22.5. The monoisotopic (exact) mass is 813 g/mol. The molecule has 5 aliphatic rings. The molecule has 59 heavy (non-hydrogen) atoms. The molecular formula is C48H67N3O8. The molecule has 1 aromatic heterocycles. The Morgan fingerprint density at radius 1 is 1.03 bits per heavy atom. The number of aliphatic hydroxyl groups is 2. The minimum absolute atomic E-state index is 0.0726. The van der Waals surface area contributed by atoms with Gasteiger partial charge in [0, 0.05) is 56.7 Å². The summed E-state index contributed by atoms with van der Waals surface area (Å²) in [5.74, 6) is 0.595. The highest BCUT2D eigenvalue weighted by Crippen LogP contribution is 2.62. The summed E-state index contributed by atoms with van der Waals surface area (Å²) in [5.41, 5.74) is 4.62. The standard InChI is InChI=1S/C48H67N3O8/c1-4-27-57-48-43(51(3)44(54)24-21-34-15-5-6-16-34)31-41(50-59-45-20-9-12-28-55-45)39-29-35(17-7-10-25-52)38(19-8-11-26-53)46(47(39)48)40-30-37(22-23-42(40)58-48)56-32-36-18-13-14-33(2)49-36/h4,13-14,18,22-23,29-30,34-35,38,43,45-47,52-53H,1,5-12,15-17,19-21,24-28,31-32H2,2-3H3. The Hall–Kier alpha value is -3.77. The summed E-state index contributed by atoms with van der Waals surface area (Å²) in [6, 6.07) is 11.5. The van der Waals surface area contributed by atoms with Crippen LogP contribution in [0.5, 0.6) is 11.5 Å². The molecule has 1 amide bonds. The van der Waals surface area contributed by atoms with Gasteiger partial charge in [0.2, 0.25) is 18.0 Å². The molecule has 1 aromatic carbocycles. The Kier molecular flexibility index (Phi) is 15.2. The lowest BCUT2D eigenvalue weighted by atomic mass is 9.55. The van der Waals surface area contributed by atoms with Crippen molar-refractivity contribution in [3.63, 3.8) is 0 Å². The Morgan fingerprint density at radius 2 is 1.83 bits per heavy atom. The van der Waals surface area contributed by atoms with E-state index in [1.54, 1.807) is 6.08 Å². The average Bonchev–Trinajstić information content (AvgIpc) is 3.78. The van der Waals surface area contributed by atoms with Crippen molar-refractivity contribution >= 4 is 11.6 Å². The van der Waals surface area contributed by atoms with Gasteiger partial charge in [-0.25, -0.2) is 0 Å². The first kappa shape index (κ1) is 43.3. The van der Waals surface area contributed by atoms with Crippen LogP contribution in [0.4, 0.5) is 0 Å². The van der Waals surface area contributed by atoms with Gasteiger partial charge in [0.15, 0.2) is 0 Å². The van der Waals surface area contributed by atoms with Gasteiger partial charge in [0.05, 0.1) is 30.5 Å². The zero-order valence-electron chi connectivity index (χ0n) is 35.4. The van der Waals surface area contributed by atoms with Crippen LogP contribution >= 0.6 is 0 Å². The Labute approximate surface area is 351 Å². The van der Waals surface area contributed by atoms with Crippen LogP contribution in [0.1, 0.15) is 126 Å².